The highest BCUT2D eigenvalue weighted by Gasteiger charge is 2.23. The van der Waals surface area contributed by atoms with Crippen LogP contribution in [0, 0.1) is 0 Å². The Morgan fingerprint density at radius 1 is 1.44 bits per heavy atom. The van der Waals surface area contributed by atoms with Gasteiger partial charge in [0.2, 0.25) is 0 Å². The second-order valence-corrected chi connectivity index (χ2v) is 4.69. The Morgan fingerprint density at radius 2 is 2.31 bits per heavy atom. The van der Waals surface area contributed by atoms with Gasteiger partial charge < -0.3 is 9.73 Å². The maximum Gasteiger partial charge on any atom is 0.120 e. The Morgan fingerprint density at radius 3 is 3.06 bits per heavy atom. The van der Waals surface area contributed by atoms with Gasteiger partial charge in [-0.05, 0) is 58.5 Å². The van der Waals surface area contributed by atoms with Crippen molar-refractivity contribution in [1.29, 1.82) is 0 Å². The Balaban J connectivity index is 1.97. The van der Waals surface area contributed by atoms with Gasteiger partial charge in [-0.15, -0.1) is 0 Å². The lowest BCUT2D eigenvalue weighted by Crippen LogP contribution is -2.34. The Bertz CT molecular complexity index is 289. The zero-order valence-electron chi connectivity index (χ0n) is 10.3. The summed E-state index contributed by atoms with van der Waals surface area (Å²) in [4.78, 5) is 2.45. The average molecular weight is 222 g/mol. The summed E-state index contributed by atoms with van der Waals surface area (Å²) in [5, 5.41) is 3.46. The molecule has 0 amide bonds. The van der Waals surface area contributed by atoms with Gasteiger partial charge in [0.05, 0.1) is 12.3 Å². The van der Waals surface area contributed by atoms with Gasteiger partial charge in [0, 0.05) is 6.04 Å². The van der Waals surface area contributed by atoms with Crippen LogP contribution in [-0.4, -0.2) is 31.1 Å². The van der Waals surface area contributed by atoms with Crippen LogP contribution in [0.15, 0.2) is 22.8 Å². The van der Waals surface area contributed by atoms with Crippen LogP contribution in [0.3, 0.4) is 0 Å². The fraction of sp³-hybridized carbons (Fsp3) is 0.692. The number of nitrogens with zero attached hydrogens (tertiary/aromatic N) is 1. The Hall–Kier alpha value is -0.800. The van der Waals surface area contributed by atoms with Crippen LogP contribution in [0.5, 0.6) is 0 Å². The molecule has 1 aromatic heterocycles. The third-order valence-electron chi connectivity index (χ3n) is 3.69. The predicted molar refractivity (Wildman–Crippen MR) is 65.4 cm³/mol. The van der Waals surface area contributed by atoms with Crippen molar-refractivity contribution in [3.63, 3.8) is 0 Å². The van der Waals surface area contributed by atoms with Gasteiger partial charge in [0.15, 0.2) is 0 Å². The number of hydrogen-bond donors (Lipinski definition) is 1. The number of rotatable bonds is 3. The molecular weight excluding hydrogens is 200 g/mol. The van der Waals surface area contributed by atoms with Crippen LogP contribution in [0.25, 0.3) is 0 Å². The number of hydrogen-bond acceptors (Lipinski definition) is 3. The Labute approximate surface area is 97.8 Å². The molecule has 1 fully saturated rings. The molecule has 2 rings (SSSR count). The van der Waals surface area contributed by atoms with E-state index in [-0.39, 0.29) is 0 Å². The first-order valence-electron chi connectivity index (χ1n) is 6.25. The van der Waals surface area contributed by atoms with Gasteiger partial charge in [-0.1, -0.05) is 0 Å². The minimum Gasteiger partial charge on any atom is -0.468 e. The molecule has 3 nitrogen and oxygen atoms in total. The summed E-state index contributed by atoms with van der Waals surface area (Å²) in [5.41, 5.74) is 0. The predicted octanol–water partition coefficient (Wildman–Crippen LogP) is 2.41. The van der Waals surface area contributed by atoms with Gasteiger partial charge in [-0.2, -0.15) is 0 Å². The van der Waals surface area contributed by atoms with E-state index in [1.54, 1.807) is 6.26 Å². The summed E-state index contributed by atoms with van der Waals surface area (Å²) in [6.45, 7) is 4.52. The smallest absolute Gasteiger partial charge is 0.120 e. The maximum absolute atomic E-state index is 5.48. The van der Waals surface area contributed by atoms with E-state index >= 15 is 0 Å². The van der Waals surface area contributed by atoms with Crippen LogP contribution in [0.2, 0.25) is 0 Å². The molecule has 1 N–H and O–H groups in total. The van der Waals surface area contributed by atoms with E-state index in [2.05, 4.69) is 30.3 Å². The summed E-state index contributed by atoms with van der Waals surface area (Å²) in [7, 11) is 2.21. The highest BCUT2D eigenvalue weighted by atomic mass is 16.3. The van der Waals surface area contributed by atoms with Gasteiger partial charge in [-0.3, -0.25) is 4.90 Å². The molecule has 0 bridgehead atoms. The van der Waals surface area contributed by atoms with E-state index < -0.39 is 0 Å². The largest absolute Gasteiger partial charge is 0.468 e. The summed E-state index contributed by atoms with van der Waals surface area (Å²) >= 11 is 0. The van der Waals surface area contributed by atoms with E-state index in [1.807, 2.05) is 6.07 Å². The lowest BCUT2D eigenvalue weighted by molar-refractivity contribution is 0.154. The monoisotopic (exact) mass is 222 g/mol. The fourth-order valence-corrected chi connectivity index (χ4v) is 2.45. The molecule has 0 aromatic carbocycles. The molecule has 2 atom stereocenters. The molecule has 2 unspecified atom stereocenters. The highest BCUT2D eigenvalue weighted by Crippen LogP contribution is 2.24. The third-order valence-corrected chi connectivity index (χ3v) is 3.69. The molecule has 16 heavy (non-hydrogen) atoms. The molecule has 3 heteroatoms. The van der Waals surface area contributed by atoms with Crippen molar-refractivity contribution in [3.05, 3.63) is 24.2 Å². The van der Waals surface area contributed by atoms with Gasteiger partial charge >= 0.3 is 0 Å². The molecule has 1 aromatic rings. The minimum atomic E-state index is 0.373. The van der Waals surface area contributed by atoms with Gasteiger partial charge in [0.1, 0.15) is 5.76 Å². The van der Waals surface area contributed by atoms with E-state index in [9.17, 15) is 0 Å². The normalized spacial score (nSPS) is 24.3. The van der Waals surface area contributed by atoms with Crippen molar-refractivity contribution >= 4 is 0 Å². The third kappa shape index (κ3) is 2.66. The molecule has 1 aliphatic heterocycles. The molecule has 0 spiro atoms. The SMILES string of the molecule is CC(c1ccco1)N(C)C1CCCNCC1. The van der Waals surface area contributed by atoms with E-state index in [4.69, 9.17) is 4.42 Å². The molecule has 0 radical (unpaired) electrons. The molecular formula is C13H22N2O. The van der Waals surface area contributed by atoms with Crippen LogP contribution in [0.1, 0.15) is 38.0 Å². The summed E-state index contributed by atoms with van der Waals surface area (Å²) in [6.07, 6.45) is 5.56. The summed E-state index contributed by atoms with van der Waals surface area (Å²) in [6, 6.07) is 5.08. The first-order valence-corrected chi connectivity index (χ1v) is 6.25. The van der Waals surface area contributed by atoms with Crippen LogP contribution < -0.4 is 5.32 Å². The van der Waals surface area contributed by atoms with Crippen molar-refractivity contribution in [2.45, 2.75) is 38.3 Å². The molecule has 2 heterocycles. The molecule has 1 saturated heterocycles. The molecule has 0 aliphatic carbocycles. The minimum absolute atomic E-state index is 0.373. The number of nitrogens with one attached hydrogen (secondary N) is 1. The van der Waals surface area contributed by atoms with Crippen molar-refractivity contribution in [2.75, 3.05) is 20.1 Å². The second kappa shape index (κ2) is 5.51. The quantitative estimate of drug-likeness (QED) is 0.851. The highest BCUT2D eigenvalue weighted by molar-refractivity contribution is 5.03. The zero-order valence-corrected chi connectivity index (χ0v) is 10.3. The topological polar surface area (TPSA) is 28.4 Å². The van der Waals surface area contributed by atoms with E-state index in [1.165, 1.54) is 25.8 Å². The van der Waals surface area contributed by atoms with Crippen LogP contribution in [-0.2, 0) is 0 Å². The first-order chi connectivity index (χ1) is 7.79. The molecule has 90 valence electrons. The van der Waals surface area contributed by atoms with Gasteiger partial charge in [-0.25, -0.2) is 0 Å². The molecule has 0 saturated carbocycles. The lowest BCUT2D eigenvalue weighted by Gasteiger charge is -2.31. The van der Waals surface area contributed by atoms with E-state index in [0.29, 0.717) is 12.1 Å². The van der Waals surface area contributed by atoms with Crippen molar-refractivity contribution < 1.29 is 4.42 Å². The van der Waals surface area contributed by atoms with Crippen LogP contribution >= 0.6 is 0 Å². The second-order valence-electron chi connectivity index (χ2n) is 4.69. The van der Waals surface area contributed by atoms with Crippen molar-refractivity contribution in [3.8, 4) is 0 Å². The van der Waals surface area contributed by atoms with Crippen molar-refractivity contribution in [1.82, 2.24) is 10.2 Å². The first kappa shape index (κ1) is 11.7. The zero-order chi connectivity index (χ0) is 11.4. The van der Waals surface area contributed by atoms with Gasteiger partial charge in [0.25, 0.3) is 0 Å². The maximum atomic E-state index is 5.48. The van der Waals surface area contributed by atoms with Crippen LogP contribution in [0.4, 0.5) is 0 Å². The van der Waals surface area contributed by atoms with E-state index in [0.717, 1.165) is 12.3 Å². The Kier molecular flexibility index (Phi) is 4.02. The molecule has 1 aliphatic rings. The fourth-order valence-electron chi connectivity index (χ4n) is 2.45. The average Bonchev–Trinajstić information content (AvgIpc) is 2.70. The lowest BCUT2D eigenvalue weighted by atomic mass is 10.1. The van der Waals surface area contributed by atoms with Crippen molar-refractivity contribution in [2.24, 2.45) is 0 Å². The standard InChI is InChI=1S/C13H22N2O/c1-11(13-6-4-10-16-13)15(2)12-5-3-8-14-9-7-12/h4,6,10-12,14H,3,5,7-9H2,1-2H3. The summed E-state index contributed by atoms with van der Waals surface area (Å²) < 4.78 is 5.48. The number of furan rings is 1. The summed E-state index contributed by atoms with van der Waals surface area (Å²) in [5.74, 6) is 1.07.